The first kappa shape index (κ1) is 16.0. The van der Waals surface area contributed by atoms with E-state index < -0.39 is 15.3 Å². The quantitative estimate of drug-likeness (QED) is 0.809. The van der Waals surface area contributed by atoms with Crippen LogP contribution >= 0.6 is 0 Å². The highest BCUT2D eigenvalue weighted by Gasteiger charge is 2.21. The van der Waals surface area contributed by atoms with E-state index in [2.05, 4.69) is 23.9 Å². The summed E-state index contributed by atoms with van der Waals surface area (Å²) in [4.78, 5) is 0. The van der Waals surface area contributed by atoms with Gasteiger partial charge in [0.1, 0.15) is 0 Å². The van der Waals surface area contributed by atoms with Crippen LogP contribution in [0.2, 0.25) is 0 Å². The summed E-state index contributed by atoms with van der Waals surface area (Å²) < 4.78 is 27.2. The molecule has 0 bridgehead atoms. The Morgan fingerprint density at radius 2 is 1.79 bits per heavy atom. The average Bonchev–Trinajstić information content (AvgIpc) is 2.35. The summed E-state index contributed by atoms with van der Waals surface area (Å²) in [5.74, 6) is 0.281. The lowest BCUT2D eigenvalue weighted by molar-refractivity contribution is 0.579. The van der Waals surface area contributed by atoms with E-state index in [4.69, 9.17) is 0 Å². The molecule has 1 rings (SSSR count). The van der Waals surface area contributed by atoms with Crippen molar-refractivity contribution in [2.75, 3.05) is 17.8 Å². The molecule has 5 heteroatoms. The van der Waals surface area contributed by atoms with Crippen molar-refractivity contribution in [3.63, 3.8) is 0 Å². The molecule has 1 aromatic carbocycles. The van der Waals surface area contributed by atoms with Crippen LogP contribution in [0, 0.1) is 0 Å². The fraction of sp³-hybridized carbons (Fsp3) is 0.571. The summed E-state index contributed by atoms with van der Waals surface area (Å²) in [6.07, 6.45) is 0. The second-order valence-corrected chi connectivity index (χ2v) is 7.11. The highest BCUT2D eigenvalue weighted by molar-refractivity contribution is 7.93. The minimum absolute atomic E-state index is 0.281. The lowest BCUT2D eigenvalue weighted by atomic mass is 10.0. The topological polar surface area (TPSA) is 58.2 Å². The van der Waals surface area contributed by atoms with E-state index in [-0.39, 0.29) is 5.92 Å². The number of nitrogens with one attached hydrogen (secondary N) is 2. The van der Waals surface area contributed by atoms with Crippen LogP contribution in [0.3, 0.4) is 0 Å². The molecule has 0 aliphatic carbocycles. The molecule has 1 atom stereocenters. The Kier molecular flexibility index (Phi) is 5.82. The minimum Gasteiger partial charge on any atom is -0.316 e. The van der Waals surface area contributed by atoms with Crippen LogP contribution in [-0.4, -0.2) is 26.8 Å². The maximum absolute atomic E-state index is 12.2. The van der Waals surface area contributed by atoms with E-state index in [9.17, 15) is 8.42 Å². The highest BCUT2D eigenvalue weighted by atomic mass is 32.2. The molecular formula is C14H24N2O2S. The lowest BCUT2D eigenvalue weighted by Crippen LogP contribution is -2.34. The van der Waals surface area contributed by atoms with Gasteiger partial charge in [0.15, 0.2) is 0 Å². The van der Waals surface area contributed by atoms with Gasteiger partial charge < -0.3 is 5.32 Å². The zero-order valence-electron chi connectivity index (χ0n) is 12.1. The molecule has 0 radical (unpaired) electrons. The van der Waals surface area contributed by atoms with Crippen LogP contribution in [0.1, 0.15) is 39.2 Å². The maximum atomic E-state index is 12.2. The summed E-state index contributed by atoms with van der Waals surface area (Å²) in [5.41, 5.74) is 1.70. The van der Waals surface area contributed by atoms with E-state index in [0.717, 1.165) is 12.1 Å². The van der Waals surface area contributed by atoms with Crippen LogP contribution in [0.15, 0.2) is 24.3 Å². The summed E-state index contributed by atoms with van der Waals surface area (Å²) in [6, 6.07) is 7.54. The first-order valence-electron chi connectivity index (χ1n) is 6.69. The zero-order chi connectivity index (χ0) is 14.5. The highest BCUT2D eigenvalue weighted by Crippen LogP contribution is 2.25. The van der Waals surface area contributed by atoms with Crippen LogP contribution in [0.4, 0.5) is 5.69 Å². The third-order valence-corrected chi connectivity index (χ3v) is 4.78. The second-order valence-electron chi connectivity index (χ2n) is 5.01. The molecule has 19 heavy (non-hydrogen) atoms. The molecule has 0 fully saturated rings. The lowest BCUT2D eigenvalue weighted by Gasteiger charge is -2.18. The van der Waals surface area contributed by atoms with Crippen molar-refractivity contribution in [1.82, 2.24) is 5.32 Å². The van der Waals surface area contributed by atoms with Crippen molar-refractivity contribution in [3.8, 4) is 0 Å². The number of benzene rings is 1. The molecule has 1 unspecified atom stereocenters. The largest absolute Gasteiger partial charge is 0.316 e. The Morgan fingerprint density at radius 1 is 1.16 bits per heavy atom. The van der Waals surface area contributed by atoms with Crippen LogP contribution < -0.4 is 10.0 Å². The Bertz CT molecular complexity index is 498. The van der Waals surface area contributed by atoms with Gasteiger partial charge in [0.2, 0.25) is 10.0 Å². The van der Waals surface area contributed by atoms with E-state index in [0.29, 0.717) is 12.2 Å². The predicted octanol–water partition coefficient (Wildman–Crippen LogP) is 2.55. The first-order chi connectivity index (χ1) is 8.88. The summed E-state index contributed by atoms with van der Waals surface area (Å²) in [5, 5.41) is 2.59. The molecule has 0 saturated carbocycles. The molecule has 0 spiro atoms. The van der Waals surface area contributed by atoms with Gasteiger partial charge in [-0.15, -0.1) is 0 Å². The Labute approximate surface area is 116 Å². The van der Waals surface area contributed by atoms with E-state index in [1.807, 2.05) is 31.2 Å². The molecule has 0 aromatic heterocycles. The average molecular weight is 284 g/mol. The van der Waals surface area contributed by atoms with Gasteiger partial charge in [-0.2, -0.15) is 0 Å². The molecule has 0 aliphatic heterocycles. The van der Waals surface area contributed by atoms with Crippen molar-refractivity contribution in [3.05, 3.63) is 29.8 Å². The van der Waals surface area contributed by atoms with Gasteiger partial charge in [0.05, 0.1) is 10.9 Å². The van der Waals surface area contributed by atoms with Crippen molar-refractivity contribution in [1.29, 1.82) is 0 Å². The van der Waals surface area contributed by atoms with E-state index in [1.54, 1.807) is 6.92 Å². The van der Waals surface area contributed by atoms with Crippen molar-refractivity contribution in [2.45, 2.75) is 38.9 Å². The third kappa shape index (κ3) is 4.51. The van der Waals surface area contributed by atoms with E-state index in [1.165, 1.54) is 0 Å². The molecule has 0 amide bonds. The fourth-order valence-electron chi connectivity index (χ4n) is 1.80. The summed E-state index contributed by atoms with van der Waals surface area (Å²) in [7, 11) is -3.35. The zero-order valence-corrected chi connectivity index (χ0v) is 12.9. The molecular weight excluding hydrogens is 260 g/mol. The summed E-state index contributed by atoms with van der Waals surface area (Å²) in [6.45, 7) is 8.99. The van der Waals surface area contributed by atoms with Crippen molar-refractivity contribution < 1.29 is 8.42 Å². The standard InChI is InChI=1S/C14H24N2O2S/c1-5-15-10-12(4)19(17,18)16-14-9-7-6-8-13(14)11(2)3/h6-9,11-12,15-16H,5,10H2,1-4H3. The van der Waals surface area contributed by atoms with Gasteiger partial charge in [-0.1, -0.05) is 39.0 Å². The number of hydrogen-bond acceptors (Lipinski definition) is 3. The van der Waals surface area contributed by atoms with Gasteiger partial charge in [0, 0.05) is 6.54 Å². The molecule has 2 N–H and O–H groups in total. The Balaban J connectivity index is 2.89. The number of sulfonamides is 1. The maximum Gasteiger partial charge on any atom is 0.236 e. The first-order valence-corrected chi connectivity index (χ1v) is 8.24. The van der Waals surface area contributed by atoms with Crippen molar-refractivity contribution in [2.24, 2.45) is 0 Å². The Morgan fingerprint density at radius 3 is 2.37 bits per heavy atom. The number of rotatable bonds is 7. The van der Waals surface area contributed by atoms with Gasteiger partial charge in [-0.25, -0.2) is 8.42 Å². The molecule has 0 saturated heterocycles. The monoisotopic (exact) mass is 284 g/mol. The molecule has 0 heterocycles. The van der Waals surface area contributed by atoms with Crippen molar-refractivity contribution >= 4 is 15.7 Å². The van der Waals surface area contributed by atoms with Crippen LogP contribution in [0.25, 0.3) is 0 Å². The minimum atomic E-state index is -3.35. The number of para-hydroxylation sites is 1. The summed E-state index contributed by atoms with van der Waals surface area (Å²) >= 11 is 0. The number of hydrogen-bond donors (Lipinski definition) is 2. The molecule has 4 nitrogen and oxygen atoms in total. The fourth-order valence-corrected chi connectivity index (χ4v) is 2.84. The van der Waals surface area contributed by atoms with E-state index >= 15 is 0 Å². The molecule has 108 valence electrons. The SMILES string of the molecule is CCNCC(C)S(=O)(=O)Nc1ccccc1C(C)C. The van der Waals surface area contributed by atoms with Gasteiger partial charge in [-0.3, -0.25) is 4.72 Å². The van der Waals surface area contributed by atoms with Crippen LogP contribution in [-0.2, 0) is 10.0 Å². The second kappa shape index (κ2) is 6.91. The predicted molar refractivity (Wildman–Crippen MR) is 81.1 cm³/mol. The normalized spacial score (nSPS) is 13.5. The molecule has 0 aliphatic rings. The number of anilines is 1. The van der Waals surface area contributed by atoms with Gasteiger partial charge in [-0.05, 0) is 31.0 Å². The molecule has 1 aromatic rings. The van der Waals surface area contributed by atoms with Gasteiger partial charge >= 0.3 is 0 Å². The third-order valence-electron chi connectivity index (χ3n) is 3.05. The smallest absolute Gasteiger partial charge is 0.236 e. The van der Waals surface area contributed by atoms with Gasteiger partial charge in [0.25, 0.3) is 0 Å². The Hall–Kier alpha value is -1.07. The van der Waals surface area contributed by atoms with Crippen LogP contribution in [0.5, 0.6) is 0 Å².